The van der Waals surface area contributed by atoms with E-state index in [1.54, 1.807) is 31.3 Å². The number of methoxy groups -OCH3 is 1. The molecule has 27 heavy (non-hydrogen) atoms. The van der Waals surface area contributed by atoms with Crippen molar-refractivity contribution in [2.24, 2.45) is 7.05 Å². The van der Waals surface area contributed by atoms with Gasteiger partial charge in [0.25, 0.3) is 11.5 Å². The van der Waals surface area contributed by atoms with Crippen LogP contribution in [0.2, 0.25) is 0 Å². The Kier molecular flexibility index (Phi) is 4.59. The van der Waals surface area contributed by atoms with Gasteiger partial charge in [-0.15, -0.1) is 0 Å². The lowest BCUT2D eigenvalue weighted by atomic mass is 10.2. The van der Waals surface area contributed by atoms with Gasteiger partial charge in [0.2, 0.25) is 0 Å². The van der Waals surface area contributed by atoms with Crippen molar-refractivity contribution in [1.29, 1.82) is 5.26 Å². The quantitative estimate of drug-likeness (QED) is 0.697. The minimum Gasteiger partial charge on any atom is -0.505 e. The molecule has 0 fully saturated rings. The molecule has 0 radical (unpaired) electrons. The molecule has 1 amide bonds. The first-order valence-corrected chi connectivity index (χ1v) is 7.66. The standard InChI is InChI=1S/C17H14N6O4/c1-22-16(10(8-18)9-19-22)20-17(26)15-12(24)7-14(25)23(21-15)11-5-3-4-6-13(11)27-2/h3-7,9,24H,1-2H3,(H,20,26). The number of carbonyl (C=O) groups excluding carboxylic acids is 1. The largest absolute Gasteiger partial charge is 0.505 e. The summed E-state index contributed by atoms with van der Waals surface area (Å²) < 4.78 is 7.45. The molecule has 3 aromatic rings. The monoisotopic (exact) mass is 366 g/mol. The van der Waals surface area contributed by atoms with Crippen molar-refractivity contribution in [3.63, 3.8) is 0 Å². The van der Waals surface area contributed by atoms with E-state index in [2.05, 4.69) is 15.5 Å². The molecule has 2 aromatic heterocycles. The smallest absolute Gasteiger partial charge is 0.281 e. The predicted molar refractivity (Wildman–Crippen MR) is 93.9 cm³/mol. The molecule has 0 unspecified atom stereocenters. The van der Waals surface area contributed by atoms with Crippen LogP contribution in [0.5, 0.6) is 11.5 Å². The summed E-state index contributed by atoms with van der Waals surface area (Å²) in [5.74, 6) is -0.901. The van der Waals surface area contributed by atoms with Gasteiger partial charge in [-0.2, -0.15) is 20.1 Å². The van der Waals surface area contributed by atoms with Gasteiger partial charge in [0.1, 0.15) is 28.9 Å². The molecular weight excluding hydrogens is 352 g/mol. The van der Waals surface area contributed by atoms with Gasteiger partial charge in [0.15, 0.2) is 11.4 Å². The number of ether oxygens (including phenoxy) is 1. The van der Waals surface area contributed by atoms with Crippen molar-refractivity contribution in [2.75, 3.05) is 12.4 Å². The van der Waals surface area contributed by atoms with Crippen LogP contribution in [0.25, 0.3) is 5.69 Å². The maximum Gasteiger partial charge on any atom is 0.281 e. The fraction of sp³-hybridized carbons (Fsp3) is 0.118. The average molecular weight is 366 g/mol. The van der Waals surface area contributed by atoms with Crippen LogP contribution in [0.4, 0.5) is 5.82 Å². The number of aromatic hydroxyl groups is 1. The van der Waals surface area contributed by atoms with E-state index in [1.165, 1.54) is 18.0 Å². The number of rotatable bonds is 4. The minimum atomic E-state index is -0.809. The number of hydrogen-bond acceptors (Lipinski definition) is 7. The topological polar surface area (TPSA) is 135 Å². The minimum absolute atomic E-state index is 0.138. The molecule has 2 heterocycles. The third kappa shape index (κ3) is 3.21. The molecule has 0 aliphatic rings. The van der Waals surface area contributed by atoms with Crippen molar-refractivity contribution < 1.29 is 14.6 Å². The third-order valence-electron chi connectivity index (χ3n) is 3.73. The molecule has 10 heteroatoms. The van der Waals surface area contributed by atoms with Gasteiger partial charge in [0, 0.05) is 13.1 Å². The van der Waals surface area contributed by atoms with Crippen molar-refractivity contribution in [3.8, 4) is 23.3 Å². The number of hydrogen-bond donors (Lipinski definition) is 2. The normalized spacial score (nSPS) is 10.3. The van der Waals surface area contributed by atoms with Crippen LogP contribution in [0, 0.1) is 11.3 Å². The number of para-hydroxylation sites is 2. The molecule has 0 aliphatic carbocycles. The number of aryl methyl sites for hydroxylation is 1. The van der Waals surface area contributed by atoms with E-state index >= 15 is 0 Å². The molecular formula is C17H14N6O4. The van der Waals surface area contributed by atoms with Gasteiger partial charge in [-0.1, -0.05) is 12.1 Å². The highest BCUT2D eigenvalue weighted by Crippen LogP contribution is 2.22. The fourth-order valence-corrected chi connectivity index (χ4v) is 2.42. The second-order valence-electron chi connectivity index (χ2n) is 5.40. The zero-order valence-electron chi connectivity index (χ0n) is 14.4. The summed E-state index contributed by atoms with van der Waals surface area (Å²) in [5, 5.41) is 29.4. The first-order chi connectivity index (χ1) is 13.0. The Bertz CT molecular complexity index is 1130. The summed E-state index contributed by atoms with van der Waals surface area (Å²) in [7, 11) is 2.98. The lowest BCUT2D eigenvalue weighted by Gasteiger charge is -2.12. The molecule has 0 atom stereocenters. The molecule has 136 valence electrons. The van der Waals surface area contributed by atoms with Crippen LogP contribution in [0.1, 0.15) is 16.1 Å². The average Bonchev–Trinajstić information content (AvgIpc) is 3.01. The van der Waals surface area contributed by atoms with Crippen LogP contribution in [-0.2, 0) is 7.05 Å². The first kappa shape index (κ1) is 17.7. The fourth-order valence-electron chi connectivity index (χ4n) is 2.42. The van der Waals surface area contributed by atoms with Gasteiger partial charge in [0.05, 0.1) is 13.3 Å². The summed E-state index contributed by atoms with van der Waals surface area (Å²) in [6.07, 6.45) is 1.29. The second kappa shape index (κ2) is 7.01. The van der Waals surface area contributed by atoms with Gasteiger partial charge in [-0.05, 0) is 12.1 Å². The van der Waals surface area contributed by atoms with Crippen molar-refractivity contribution in [3.05, 3.63) is 58.1 Å². The van der Waals surface area contributed by atoms with Crippen LogP contribution in [-0.4, -0.2) is 37.7 Å². The maximum absolute atomic E-state index is 12.6. The highest BCUT2D eigenvalue weighted by atomic mass is 16.5. The molecule has 1 aromatic carbocycles. The highest BCUT2D eigenvalue weighted by molar-refractivity contribution is 6.04. The summed E-state index contributed by atoms with van der Waals surface area (Å²) in [6.45, 7) is 0. The number of nitriles is 1. The summed E-state index contributed by atoms with van der Waals surface area (Å²) >= 11 is 0. The molecule has 3 rings (SSSR count). The van der Waals surface area contributed by atoms with Crippen LogP contribution < -0.4 is 15.6 Å². The number of aromatic nitrogens is 4. The van der Waals surface area contributed by atoms with E-state index in [0.717, 1.165) is 10.7 Å². The lowest BCUT2D eigenvalue weighted by molar-refractivity contribution is 0.101. The van der Waals surface area contributed by atoms with Crippen molar-refractivity contribution >= 4 is 11.7 Å². The number of nitrogens with one attached hydrogen (secondary N) is 1. The lowest BCUT2D eigenvalue weighted by Crippen LogP contribution is -2.26. The molecule has 2 N–H and O–H groups in total. The van der Waals surface area contributed by atoms with Crippen LogP contribution >= 0.6 is 0 Å². The number of amides is 1. The Hall–Kier alpha value is -4.13. The van der Waals surface area contributed by atoms with Crippen molar-refractivity contribution in [1.82, 2.24) is 19.6 Å². The van der Waals surface area contributed by atoms with Gasteiger partial charge in [-0.3, -0.25) is 14.3 Å². The number of carbonyl (C=O) groups is 1. The first-order valence-electron chi connectivity index (χ1n) is 7.66. The van der Waals surface area contributed by atoms with E-state index < -0.39 is 22.9 Å². The van der Waals surface area contributed by atoms with E-state index in [0.29, 0.717) is 11.4 Å². The van der Waals surface area contributed by atoms with Gasteiger partial charge < -0.3 is 15.2 Å². The molecule has 0 saturated carbocycles. The molecule has 0 saturated heterocycles. The Balaban J connectivity index is 2.07. The Morgan fingerprint density at radius 3 is 2.81 bits per heavy atom. The van der Waals surface area contributed by atoms with E-state index in [9.17, 15) is 14.7 Å². The van der Waals surface area contributed by atoms with Crippen molar-refractivity contribution in [2.45, 2.75) is 0 Å². The molecule has 0 bridgehead atoms. The number of nitrogens with zero attached hydrogens (tertiary/aromatic N) is 5. The van der Waals surface area contributed by atoms with E-state index in [4.69, 9.17) is 10.00 Å². The molecule has 0 spiro atoms. The SMILES string of the molecule is COc1ccccc1-n1nc(C(=O)Nc2c(C#N)cnn2C)c(O)cc1=O. The number of benzene rings is 1. The Morgan fingerprint density at radius 2 is 2.11 bits per heavy atom. The highest BCUT2D eigenvalue weighted by Gasteiger charge is 2.20. The zero-order valence-corrected chi connectivity index (χ0v) is 14.4. The van der Waals surface area contributed by atoms with Gasteiger partial charge >= 0.3 is 0 Å². The Labute approximate surface area is 152 Å². The molecule has 10 nitrogen and oxygen atoms in total. The zero-order chi connectivity index (χ0) is 19.6. The van der Waals surface area contributed by atoms with E-state index in [1.807, 2.05) is 6.07 Å². The summed E-state index contributed by atoms with van der Waals surface area (Å²) in [5.41, 5.74) is -0.599. The third-order valence-corrected chi connectivity index (χ3v) is 3.73. The van der Waals surface area contributed by atoms with Crippen LogP contribution in [0.15, 0.2) is 41.3 Å². The van der Waals surface area contributed by atoms with E-state index in [-0.39, 0.29) is 11.4 Å². The summed E-state index contributed by atoms with van der Waals surface area (Å²) in [4.78, 5) is 24.8. The van der Waals surface area contributed by atoms with Crippen LogP contribution in [0.3, 0.4) is 0 Å². The molecule has 0 aliphatic heterocycles. The summed E-state index contributed by atoms with van der Waals surface area (Å²) in [6, 6.07) is 9.38. The predicted octanol–water partition coefficient (Wildman–Crippen LogP) is 0.804. The second-order valence-corrected chi connectivity index (χ2v) is 5.40. The van der Waals surface area contributed by atoms with Gasteiger partial charge in [-0.25, -0.2) is 0 Å². The maximum atomic E-state index is 12.6. The number of anilines is 1. The Morgan fingerprint density at radius 1 is 1.37 bits per heavy atom.